The smallest absolute Gasteiger partial charge is 0.310 e. The third-order valence-corrected chi connectivity index (χ3v) is 4.87. The molecule has 0 radical (unpaired) electrons. The number of hydrogen-bond acceptors (Lipinski definition) is 4. The van der Waals surface area contributed by atoms with E-state index < -0.39 is 0 Å². The zero-order chi connectivity index (χ0) is 17.5. The standard InChI is InChI=1S/C19H23NO3S/c1-4-16-10-11-24-17(16)18(21)20(12-14(2)19(22)23-3)13-15-8-6-5-7-9-15/h5-11,14H,4,12-13H2,1-3H3. The van der Waals surface area contributed by atoms with Crippen LogP contribution in [0.2, 0.25) is 0 Å². The second-order valence-corrected chi connectivity index (χ2v) is 6.64. The molecule has 0 N–H and O–H groups in total. The third kappa shape index (κ3) is 4.45. The molecule has 2 aromatic rings. The van der Waals surface area contributed by atoms with E-state index in [0.717, 1.165) is 22.4 Å². The monoisotopic (exact) mass is 345 g/mol. The van der Waals surface area contributed by atoms with Gasteiger partial charge in [-0.05, 0) is 29.0 Å². The van der Waals surface area contributed by atoms with Gasteiger partial charge in [0.25, 0.3) is 5.91 Å². The Morgan fingerprint density at radius 3 is 2.54 bits per heavy atom. The zero-order valence-corrected chi connectivity index (χ0v) is 15.1. The topological polar surface area (TPSA) is 46.6 Å². The fourth-order valence-corrected chi connectivity index (χ4v) is 3.54. The maximum Gasteiger partial charge on any atom is 0.310 e. The number of benzene rings is 1. The van der Waals surface area contributed by atoms with Gasteiger partial charge in [-0.3, -0.25) is 9.59 Å². The maximum absolute atomic E-state index is 13.0. The lowest BCUT2D eigenvalue weighted by Gasteiger charge is -2.25. The van der Waals surface area contributed by atoms with Crippen LogP contribution in [-0.4, -0.2) is 30.4 Å². The number of thiophene rings is 1. The van der Waals surface area contributed by atoms with Crippen molar-refractivity contribution in [2.24, 2.45) is 5.92 Å². The number of ether oxygens (including phenoxy) is 1. The minimum absolute atomic E-state index is 0.0264. The summed E-state index contributed by atoms with van der Waals surface area (Å²) in [5.74, 6) is -0.697. The van der Waals surface area contributed by atoms with Gasteiger partial charge < -0.3 is 9.64 Å². The first-order chi connectivity index (χ1) is 11.6. The molecule has 0 aliphatic heterocycles. The molecule has 0 bridgehead atoms. The number of rotatable bonds is 7. The van der Waals surface area contributed by atoms with Crippen molar-refractivity contribution in [3.05, 3.63) is 57.8 Å². The lowest BCUT2D eigenvalue weighted by atomic mass is 10.1. The summed E-state index contributed by atoms with van der Waals surface area (Å²) < 4.78 is 4.80. The van der Waals surface area contributed by atoms with Crippen molar-refractivity contribution in [1.29, 1.82) is 0 Å². The first-order valence-electron chi connectivity index (χ1n) is 8.04. The Kier molecular flexibility index (Phi) is 6.55. The molecule has 0 fully saturated rings. The van der Waals surface area contributed by atoms with Gasteiger partial charge >= 0.3 is 5.97 Å². The van der Waals surface area contributed by atoms with E-state index in [2.05, 4.69) is 0 Å². The van der Waals surface area contributed by atoms with Gasteiger partial charge in [-0.15, -0.1) is 11.3 Å². The predicted molar refractivity (Wildman–Crippen MR) is 96.1 cm³/mol. The van der Waals surface area contributed by atoms with E-state index in [4.69, 9.17) is 4.74 Å². The maximum atomic E-state index is 13.0. The molecule has 2 rings (SSSR count). The molecule has 0 saturated heterocycles. The zero-order valence-electron chi connectivity index (χ0n) is 14.3. The highest BCUT2D eigenvalue weighted by atomic mass is 32.1. The molecule has 1 atom stereocenters. The molecule has 24 heavy (non-hydrogen) atoms. The number of aryl methyl sites for hydroxylation is 1. The molecule has 0 spiro atoms. The van der Waals surface area contributed by atoms with Crippen LogP contribution in [0.5, 0.6) is 0 Å². The molecule has 1 amide bonds. The Hall–Kier alpha value is -2.14. The van der Waals surface area contributed by atoms with Crippen LogP contribution in [0.1, 0.15) is 34.6 Å². The second kappa shape index (κ2) is 8.64. The van der Waals surface area contributed by atoms with Gasteiger partial charge in [0.1, 0.15) is 0 Å². The summed E-state index contributed by atoms with van der Waals surface area (Å²) >= 11 is 1.45. The van der Waals surface area contributed by atoms with Crippen LogP contribution in [0.4, 0.5) is 0 Å². The average molecular weight is 345 g/mol. The summed E-state index contributed by atoms with van der Waals surface area (Å²) in [6.45, 7) is 4.63. The average Bonchev–Trinajstić information content (AvgIpc) is 3.09. The SMILES string of the molecule is CCc1ccsc1C(=O)N(Cc1ccccc1)CC(C)C(=O)OC. The van der Waals surface area contributed by atoms with Crippen molar-refractivity contribution in [3.63, 3.8) is 0 Å². The Morgan fingerprint density at radius 1 is 1.21 bits per heavy atom. The van der Waals surface area contributed by atoms with Crippen molar-refractivity contribution in [2.45, 2.75) is 26.8 Å². The summed E-state index contributed by atoms with van der Waals surface area (Å²) in [6.07, 6.45) is 0.816. The van der Waals surface area contributed by atoms with Gasteiger partial charge in [-0.25, -0.2) is 0 Å². The normalized spacial score (nSPS) is 11.8. The first kappa shape index (κ1) is 18.2. The van der Waals surface area contributed by atoms with Crippen molar-refractivity contribution in [1.82, 2.24) is 4.90 Å². The Labute approximate surface area is 147 Å². The van der Waals surface area contributed by atoms with Gasteiger partial charge in [-0.1, -0.05) is 44.2 Å². The second-order valence-electron chi connectivity index (χ2n) is 5.72. The molecule has 128 valence electrons. The predicted octanol–water partition coefficient (Wildman–Crippen LogP) is 3.76. The minimum atomic E-state index is -0.368. The van der Waals surface area contributed by atoms with Crippen molar-refractivity contribution in [3.8, 4) is 0 Å². The van der Waals surface area contributed by atoms with Gasteiger partial charge in [0.15, 0.2) is 0 Å². The lowest BCUT2D eigenvalue weighted by Crippen LogP contribution is -2.36. The Bertz CT molecular complexity index is 681. The van der Waals surface area contributed by atoms with E-state index >= 15 is 0 Å². The van der Waals surface area contributed by atoms with Crippen LogP contribution < -0.4 is 0 Å². The first-order valence-corrected chi connectivity index (χ1v) is 8.92. The Balaban J connectivity index is 2.24. The van der Waals surface area contributed by atoms with Gasteiger partial charge in [0.05, 0.1) is 17.9 Å². The number of nitrogens with zero attached hydrogens (tertiary/aromatic N) is 1. The largest absolute Gasteiger partial charge is 0.469 e. The van der Waals surface area contributed by atoms with Crippen LogP contribution >= 0.6 is 11.3 Å². The van der Waals surface area contributed by atoms with Crippen LogP contribution in [-0.2, 0) is 22.5 Å². The molecule has 4 nitrogen and oxygen atoms in total. The Morgan fingerprint density at radius 2 is 1.92 bits per heavy atom. The lowest BCUT2D eigenvalue weighted by molar-refractivity contribution is -0.145. The molecule has 5 heteroatoms. The molecule has 0 aliphatic rings. The van der Waals surface area contributed by atoms with Crippen molar-refractivity contribution >= 4 is 23.2 Å². The molecule has 1 aromatic carbocycles. The summed E-state index contributed by atoms with van der Waals surface area (Å²) in [5, 5.41) is 1.94. The van der Waals surface area contributed by atoms with Crippen LogP contribution in [0, 0.1) is 5.92 Å². The van der Waals surface area contributed by atoms with E-state index in [1.807, 2.05) is 48.7 Å². The van der Waals surface area contributed by atoms with Crippen LogP contribution in [0.3, 0.4) is 0 Å². The molecule has 0 aliphatic carbocycles. The van der Waals surface area contributed by atoms with E-state index in [0.29, 0.717) is 13.1 Å². The van der Waals surface area contributed by atoms with E-state index in [-0.39, 0.29) is 17.8 Å². The number of amides is 1. The molecule has 1 heterocycles. The fraction of sp³-hybridized carbons (Fsp3) is 0.368. The highest BCUT2D eigenvalue weighted by molar-refractivity contribution is 7.12. The van der Waals surface area contributed by atoms with E-state index in [9.17, 15) is 9.59 Å². The van der Waals surface area contributed by atoms with Gasteiger partial charge in [0, 0.05) is 13.1 Å². The molecule has 1 unspecified atom stereocenters. The minimum Gasteiger partial charge on any atom is -0.469 e. The third-order valence-electron chi connectivity index (χ3n) is 3.92. The van der Waals surface area contributed by atoms with Gasteiger partial charge in [-0.2, -0.15) is 0 Å². The summed E-state index contributed by atoms with van der Waals surface area (Å²) in [7, 11) is 1.37. The van der Waals surface area contributed by atoms with Gasteiger partial charge in [0.2, 0.25) is 0 Å². The molecule has 0 saturated carbocycles. The summed E-state index contributed by atoms with van der Waals surface area (Å²) in [5.41, 5.74) is 2.09. The summed E-state index contributed by atoms with van der Waals surface area (Å²) in [4.78, 5) is 27.3. The molecular weight excluding hydrogens is 322 g/mol. The highest BCUT2D eigenvalue weighted by Crippen LogP contribution is 2.21. The van der Waals surface area contributed by atoms with E-state index in [1.54, 1.807) is 11.8 Å². The number of esters is 1. The molecule has 1 aromatic heterocycles. The summed E-state index contributed by atoms with van der Waals surface area (Å²) in [6, 6.07) is 11.8. The fourth-order valence-electron chi connectivity index (χ4n) is 2.57. The number of carbonyl (C=O) groups is 2. The number of methoxy groups -OCH3 is 1. The quantitative estimate of drug-likeness (QED) is 0.718. The van der Waals surface area contributed by atoms with Crippen molar-refractivity contribution < 1.29 is 14.3 Å². The highest BCUT2D eigenvalue weighted by Gasteiger charge is 2.24. The van der Waals surface area contributed by atoms with Crippen LogP contribution in [0.25, 0.3) is 0 Å². The number of carbonyl (C=O) groups excluding carboxylic acids is 2. The molecular formula is C19H23NO3S. The number of hydrogen-bond donors (Lipinski definition) is 0. The van der Waals surface area contributed by atoms with E-state index in [1.165, 1.54) is 18.4 Å². The van der Waals surface area contributed by atoms with Crippen LogP contribution in [0.15, 0.2) is 41.8 Å². The van der Waals surface area contributed by atoms with Crippen molar-refractivity contribution in [2.75, 3.05) is 13.7 Å².